The minimum atomic E-state index is -4.30. The maximum absolute atomic E-state index is 11.9. The second kappa shape index (κ2) is 2.18. The standard InChI is InChI=1S/C4H4BrF3N2/c5-2-1-3(9-10-3)4(6,7)8/h1-2H2. The number of halogens is 4. The third-order valence-corrected chi connectivity index (χ3v) is 1.64. The summed E-state index contributed by atoms with van der Waals surface area (Å²) in [7, 11) is 0. The van der Waals surface area contributed by atoms with E-state index in [0.717, 1.165) is 0 Å². The van der Waals surface area contributed by atoms with E-state index in [1.165, 1.54) is 0 Å². The molecule has 1 heterocycles. The van der Waals surface area contributed by atoms with E-state index in [1.807, 2.05) is 0 Å². The lowest BCUT2D eigenvalue weighted by molar-refractivity contribution is -0.163. The third-order valence-electron chi connectivity index (χ3n) is 1.24. The Balaban J connectivity index is 2.53. The maximum atomic E-state index is 11.9. The highest BCUT2D eigenvalue weighted by Gasteiger charge is 2.62. The Bertz CT molecular complexity index is 158. The molecule has 0 saturated carbocycles. The molecule has 0 radical (unpaired) electrons. The zero-order valence-corrected chi connectivity index (χ0v) is 6.41. The van der Waals surface area contributed by atoms with E-state index in [1.54, 1.807) is 0 Å². The average molecular weight is 217 g/mol. The van der Waals surface area contributed by atoms with Crippen molar-refractivity contribution in [3.8, 4) is 0 Å². The predicted molar refractivity (Wildman–Crippen MR) is 32.1 cm³/mol. The van der Waals surface area contributed by atoms with Gasteiger partial charge >= 0.3 is 6.18 Å². The van der Waals surface area contributed by atoms with Crippen molar-refractivity contribution in [3.63, 3.8) is 0 Å². The minimum absolute atomic E-state index is 0.101. The molecule has 0 saturated heterocycles. The zero-order valence-electron chi connectivity index (χ0n) is 4.82. The summed E-state index contributed by atoms with van der Waals surface area (Å²) in [6, 6.07) is 0. The first-order valence-corrected chi connectivity index (χ1v) is 3.71. The number of rotatable bonds is 2. The van der Waals surface area contributed by atoms with Gasteiger partial charge in [-0.15, -0.1) is 10.2 Å². The fourth-order valence-corrected chi connectivity index (χ4v) is 1.10. The quantitative estimate of drug-likeness (QED) is 0.634. The summed E-state index contributed by atoms with van der Waals surface area (Å²) in [5, 5.41) is 6.19. The van der Waals surface area contributed by atoms with Gasteiger partial charge in [-0.25, -0.2) is 0 Å². The number of hydrogen-bond donors (Lipinski definition) is 0. The van der Waals surface area contributed by atoms with Crippen molar-refractivity contribution in [2.75, 3.05) is 5.33 Å². The van der Waals surface area contributed by atoms with E-state index in [4.69, 9.17) is 0 Å². The summed E-state index contributed by atoms with van der Waals surface area (Å²) in [5.41, 5.74) is -2.06. The first kappa shape index (κ1) is 7.97. The molecule has 1 aliphatic rings. The van der Waals surface area contributed by atoms with Crippen LogP contribution in [0.4, 0.5) is 13.2 Å². The van der Waals surface area contributed by atoms with Gasteiger partial charge in [0.15, 0.2) is 0 Å². The van der Waals surface area contributed by atoms with Crippen LogP contribution in [-0.2, 0) is 0 Å². The highest BCUT2D eigenvalue weighted by Crippen LogP contribution is 2.46. The molecular weight excluding hydrogens is 213 g/mol. The summed E-state index contributed by atoms with van der Waals surface area (Å²) >= 11 is 2.90. The Kier molecular flexibility index (Phi) is 1.74. The summed E-state index contributed by atoms with van der Waals surface area (Å²) < 4.78 is 35.6. The van der Waals surface area contributed by atoms with Crippen LogP contribution in [0.15, 0.2) is 10.2 Å². The lowest BCUT2D eigenvalue weighted by atomic mass is 10.2. The van der Waals surface area contributed by atoms with Gasteiger partial charge in [-0.05, 0) is 0 Å². The topological polar surface area (TPSA) is 24.7 Å². The lowest BCUT2D eigenvalue weighted by Gasteiger charge is -2.11. The average Bonchev–Trinajstić information content (AvgIpc) is 2.45. The van der Waals surface area contributed by atoms with Gasteiger partial charge in [0.1, 0.15) is 0 Å². The Hall–Kier alpha value is -0.130. The van der Waals surface area contributed by atoms with Crippen LogP contribution in [0.5, 0.6) is 0 Å². The molecule has 0 bridgehead atoms. The summed E-state index contributed by atoms with van der Waals surface area (Å²) in [6.07, 6.45) is -4.41. The smallest absolute Gasteiger partial charge is 0.166 e. The molecule has 10 heavy (non-hydrogen) atoms. The Morgan fingerprint density at radius 1 is 1.30 bits per heavy atom. The summed E-state index contributed by atoms with van der Waals surface area (Å²) in [4.78, 5) is 0. The number of alkyl halides is 4. The van der Waals surface area contributed by atoms with Crippen LogP contribution >= 0.6 is 15.9 Å². The minimum Gasteiger partial charge on any atom is -0.166 e. The molecule has 1 rings (SSSR count). The molecule has 0 aromatic rings. The molecule has 0 unspecified atom stereocenters. The molecule has 6 heteroatoms. The highest BCUT2D eigenvalue weighted by molar-refractivity contribution is 9.09. The maximum Gasteiger partial charge on any atom is 0.437 e. The Labute approximate surface area is 63.6 Å². The Morgan fingerprint density at radius 2 is 1.80 bits per heavy atom. The molecule has 0 aromatic carbocycles. The van der Waals surface area contributed by atoms with Crippen molar-refractivity contribution >= 4 is 15.9 Å². The van der Waals surface area contributed by atoms with Crippen molar-refractivity contribution < 1.29 is 13.2 Å². The molecular formula is C4H4BrF3N2. The van der Waals surface area contributed by atoms with Crippen molar-refractivity contribution in [1.82, 2.24) is 0 Å². The predicted octanol–water partition coefficient (Wildman–Crippen LogP) is 2.50. The largest absolute Gasteiger partial charge is 0.437 e. The first-order valence-electron chi connectivity index (χ1n) is 2.58. The molecule has 0 aliphatic carbocycles. The van der Waals surface area contributed by atoms with Crippen molar-refractivity contribution in [2.45, 2.75) is 18.3 Å². The number of nitrogens with zero attached hydrogens (tertiary/aromatic N) is 2. The Morgan fingerprint density at radius 3 is 1.90 bits per heavy atom. The second-order valence-electron chi connectivity index (χ2n) is 1.95. The summed E-state index contributed by atoms with van der Waals surface area (Å²) in [6.45, 7) is 0. The van der Waals surface area contributed by atoms with Gasteiger partial charge in [-0.3, -0.25) is 0 Å². The van der Waals surface area contributed by atoms with Crippen molar-refractivity contribution in [3.05, 3.63) is 0 Å². The second-order valence-corrected chi connectivity index (χ2v) is 2.75. The molecule has 58 valence electrons. The van der Waals surface area contributed by atoms with Gasteiger partial charge in [0.2, 0.25) is 0 Å². The van der Waals surface area contributed by atoms with Crippen LogP contribution in [0.2, 0.25) is 0 Å². The van der Waals surface area contributed by atoms with Crippen molar-refractivity contribution in [2.24, 2.45) is 10.2 Å². The van der Waals surface area contributed by atoms with E-state index in [9.17, 15) is 13.2 Å². The normalized spacial score (nSPS) is 21.2. The number of hydrogen-bond acceptors (Lipinski definition) is 2. The van der Waals surface area contributed by atoms with Gasteiger partial charge in [0.25, 0.3) is 5.66 Å². The fraction of sp³-hybridized carbons (Fsp3) is 1.00. The monoisotopic (exact) mass is 216 g/mol. The third kappa shape index (κ3) is 1.16. The van der Waals surface area contributed by atoms with Gasteiger partial charge in [-0.2, -0.15) is 13.2 Å². The highest BCUT2D eigenvalue weighted by atomic mass is 79.9. The molecule has 0 aromatic heterocycles. The molecule has 0 atom stereocenters. The van der Waals surface area contributed by atoms with E-state index < -0.39 is 11.8 Å². The molecule has 1 aliphatic heterocycles. The molecule has 0 N–H and O–H groups in total. The van der Waals surface area contributed by atoms with Gasteiger partial charge in [0, 0.05) is 11.8 Å². The molecule has 2 nitrogen and oxygen atoms in total. The van der Waals surface area contributed by atoms with E-state index in [-0.39, 0.29) is 11.8 Å². The van der Waals surface area contributed by atoms with Gasteiger partial charge in [0.05, 0.1) is 0 Å². The van der Waals surface area contributed by atoms with Crippen molar-refractivity contribution in [1.29, 1.82) is 0 Å². The summed E-state index contributed by atoms with van der Waals surface area (Å²) in [5.74, 6) is 0. The van der Waals surface area contributed by atoms with Crippen LogP contribution in [0.3, 0.4) is 0 Å². The van der Waals surface area contributed by atoms with E-state index in [0.29, 0.717) is 0 Å². The first-order chi connectivity index (χ1) is 4.52. The lowest BCUT2D eigenvalue weighted by Crippen LogP contribution is -2.32. The van der Waals surface area contributed by atoms with Crippen LogP contribution in [-0.4, -0.2) is 17.2 Å². The van der Waals surface area contributed by atoms with E-state index >= 15 is 0 Å². The van der Waals surface area contributed by atoms with Crippen LogP contribution < -0.4 is 0 Å². The SMILES string of the molecule is FC(F)(F)C1(CCBr)N=N1. The fourth-order valence-electron chi connectivity index (χ4n) is 0.547. The van der Waals surface area contributed by atoms with Crippen LogP contribution in [0, 0.1) is 0 Å². The molecule has 0 amide bonds. The van der Waals surface area contributed by atoms with Gasteiger partial charge in [-0.1, -0.05) is 15.9 Å². The van der Waals surface area contributed by atoms with Crippen LogP contribution in [0.25, 0.3) is 0 Å². The van der Waals surface area contributed by atoms with Crippen LogP contribution in [0.1, 0.15) is 6.42 Å². The molecule has 0 spiro atoms. The molecule has 0 fully saturated rings. The zero-order chi connectivity index (χ0) is 7.83. The van der Waals surface area contributed by atoms with E-state index in [2.05, 4.69) is 26.2 Å². The van der Waals surface area contributed by atoms with Gasteiger partial charge < -0.3 is 0 Å².